The van der Waals surface area contributed by atoms with Crippen LogP contribution in [0.2, 0.25) is 0 Å². The number of sulfonamides is 1. The number of nitrogens with one attached hydrogen (secondary N) is 1. The molecular formula is C13H22N2O2S. The van der Waals surface area contributed by atoms with Crippen LogP contribution in [0, 0.1) is 0 Å². The van der Waals surface area contributed by atoms with E-state index >= 15 is 0 Å². The average Bonchev–Trinajstić information content (AvgIpc) is 2.28. The van der Waals surface area contributed by atoms with E-state index in [1.54, 1.807) is 12.1 Å². The molecule has 0 saturated heterocycles. The van der Waals surface area contributed by atoms with E-state index in [1.165, 1.54) is 0 Å². The van der Waals surface area contributed by atoms with Crippen molar-refractivity contribution in [1.29, 1.82) is 0 Å². The highest BCUT2D eigenvalue weighted by atomic mass is 32.2. The molecule has 1 N–H and O–H groups in total. The Morgan fingerprint density at radius 2 is 1.56 bits per heavy atom. The van der Waals surface area contributed by atoms with E-state index in [1.807, 2.05) is 12.1 Å². The summed E-state index contributed by atoms with van der Waals surface area (Å²) in [4.78, 5) is 2.31. The first-order valence-corrected chi connectivity index (χ1v) is 8.18. The van der Waals surface area contributed by atoms with Crippen molar-refractivity contribution in [3.63, 3.8) is 0 Å². The summed E-state index contributed by atoms with van der Waals surface area (Å²) in [5, 5.41) is 0. The quantitative estimate of drug-likeness (QED) is 0.828. The van der Waals surface area contributed by atoms with Crippen molar-refractivity contribution in [1.82, 2.24) is 0 Å². The van der Waals surface area contributed by atoms with Crippen LogP contribution in [0.3, 0.4) is 0 Å². The lowest BCUT2D eigenvalue weighted by Crippen LogP contribution is -2.24. The van der Waals surface area contributed by atoms with Crippen molar-refractivity contribution in [3.8, 4) is 0 Å². The summed E-state index contributed by atoms with van der Waals surface area (Å²) in [5.41, 5.74) is 1.74. The van der Waals surface area contributed by atoms with Gasteiger partial charge in [-0.15, -0.1) is 0 Å². The molecule has 4 nitrogen and oxygen atoms in total. The van der Waals surface area contributed by atoms with Gasteiger partial charge in [0.1, 0.15) is 0 Å². The molecule has 1 aromatic rings. The van der Waals surface area contributed by atoms with Crippen LogP contribution in [-0.2, 0) is 10.0 Å². The SMILES string of the molecule is CCCN(CCC)c1ccc(NS(C)(=O)=O)cc1. The molecule has 0 spiro atoms. The molecule has 0 heterocycles. The summed E-state index contributed by atoms with van der Waals surface area (Å²) in [6, 6.07) is 7.51. The van der Waals surface area contributed by atoms with E-state index < -0.39 is 10.0 Å². The Morgan fingerprint density at radius 1 is 1.06 bits per heavy atom. The first kappa shape index (κ1) is 14.8. The maximum absolute atomic E-state index is 11.1. The fraction of sp³-hybridized carbons (Fsp3) is 0.538. The lowest BCUT2D eigenvalue weighted by Gasteiger charge is -2.23. The van der Waals surface area contributed by atoms with Gasteiger partial charge < -0.3 is 4.90 Å². The van der Waals surface area contributed by atoms with Crippen LogP contribution in [0.4, 0.5) is 11.4 Å². The normalized spacial score (nSPS) is 11.3. The summed E-state index contributed by atoms with van der Waals surface area (Å²) < 4.78 is 24.7. The van der Waals surface area contributed by atoms with Gasteiger partial charge >= 0.3 is 0 Å². The fourth-order valence-electron chi connectivity index (χ4n) is 1.86. The molecule has 0 saturated carbocycles. The Kier molecular flexibility index (Phi) is 5.47. The topological polar surface area (TPSA) is 49.4 Å². The van der Waals surface area contributed by atoms with Gasteiger partial charge in [-0.3, -0.25) is 4.72 Å². The highest BCUT2D eigenvalue weighted by Gasteiger charge is 2.05. The zero-order valence-electron chi connectivity index (χ0n) is 11.3. The van der Waals surface area contributed by atoms with E-state index in [2.05, 4.69) is 23.5 Å². The molecule has 0 amide bonds. The first-order chi connectivity index (χ1) is 8.46. The lowest BCUT2D eigenvalue weighted by molar-refractivity contribution is 0.607. The van der Waals surface area contributed by atoms with E-state index in [0.717, 1.165) is 37.9 Å². The second-order valence-corrected chi connectivity index (χ2v) is 6.16. The summed E-state index contributed by atoms with van der Waals surface area (Å²) in [5.74, 6) is 0. The number of rotatable bonds is 7. The van der Waals surface area contributed by atoms with Gasteiger partial charge in [-0.1, -0.05) is 13.8 Å². The van der Waals surface area contributed by atoms with Crippen molar-refractivity contribution < 1.29 is 8.42 Å². The molecule has 0 bridgehead atoms. The van der Waals surface area contributed by atoms with Crippen LogP contribution in [0.15, 0.2) is 24.3 Å². The molecule has 1 rings (SSSR count). The second kappa shape index (κ2) is 6.64. The van der Waals surface area contributed by atoms with E-state index in [-0.39, 0.29) is 0 Å². The molecule has 0 unspecified atom stereocenters. The lowest BCUT2D eigenvalue weighted by atomic mass is 10.2. The molecule has 0 aromatic heterocycles. The van der Waals surface area contributed by atoms with Gasteiger partial charge in [-0.25, -0.2) is 8.42 Å². The van der Waals surface area contributed by atoms with Gasteiger partial charge in [-0.05, 0) is 37.1 Å². The molecule has 0 fully saturated rings. The van der Waals surface area contributed by atoms with Gasteiger partial charge in [-0.2, -0.15) is 0 Å². The summed E-state index contributed by atoms with van der Waals surface area (Å²) in [7, 11) is -3.19. The smallest absolute Gasteiger partial charge is 0.229 e. The minimum Gasteiger partial charge on any atom is -0.372 e. The minimum atomic E-state index is -3.19. The molecule has 0 aliphatic heterocycles. The van der Waals surface area contributed by atoms with Gasteiger partial charge in [0.05, 0.1) is 6.26 Å². The standard InChI is InChI=1S/C13H22N2O2S/c1-4-10-15(11-5-2)13-8-6-12(7-9-13)14-18(3,16)17/h6-9,14H,4-5,10-11H2,1-3H3. The number of nitrogens with zero attached hydrogens (tertiary/aromatic N) is 1. The predicted molar refractivity (Wildman–Crippen MR) is 77.7 cm³/mol. The van der Waals surface area contributed by atoms with Crippen molar-refractivity contribution in [2.24, 2.45) is 0 Å². The molecule has 1 aromatic carbocycles. The van der Waals surface area contributed by atoms with Gasteiger partial charge in [0.15, 0.2) is 0 Å². The third-order valence-corrected chi connectivity index (χ3v) is 3.13. The largest absolute Gasteiger partial charge is 0.372 e. The van der Waals surface area contributed by atoms with Gasteiger partial charge in [0.25, 0.3) is 0 Å². The highest BCUT2D eigenvalue weighted by Crippen LogP contribution is 2.19. The molecule has 18 heavy (non-hydrogen) atoms. The fourth-order valence-corrected chi connectivity index (χ4v) is 2.43. The Hall–Kier alpha value is -1.23. The van der Waals surface area contributed by atoms with Gasteiger partial charge in [0, 0.05) is 24.5 Å². The van der Waals surface area contributed by atoms with Gasteiger partial charge in [0.2, 0.25) is 10.0 Å². The van der Waals surface area contributed by atoms with Crippen molar-refractivity contribution >= 4 is 21.4 Å². The molecule has 0 aliphatic carbocycles. The van der Waals surface area contributed by atoms with Crippen LogP contribution < -0.4 is 9.62 Å². The molecule has 5 heteroatoms. The van der Waals surface area contributed by atoms with Crippen LogP contribution in [0.1, 0.15) is 26.7 Å². The third-order valence-electron chi connectivity index (χ3n) is 2.52. The Morgan fingerprint density at radius 3 is 1.94 bits per heavy atom. The number of benzene rings is 1. The molecule has 0 atom stereocenters. The van der Waals surface area contributed by atoms with Crippen molar-refractivity contribution in [3.05, 3.63) is 24.3 Å². The van der Waals surface area contributed by atoms with Crippen LogP contribution in [0.25, 0.3) is 0 Å². The average molecular weight is 270 g/mol. The monoisotopic (exact) mass is 270 g/mol. The maximum Gasteiger partial charge on any atom is 0.229 e. The highest BCUT2D eigenvalue weighted by molar-refractivity contribution is 7.92. The van der Waals surface area contributed by atoms with E-state index in [0.29, 0.717) is 5.69 Å². The van der Waals surface area contributed by atoms with E-state index in [9.17, 15) is 8.42 Å². The number of hydrogen-bond donors (Lipinski definition) is 1. The van der Waals surface area contributed by atoms with Crippen molar-refractivity contribution in [2.75, 3.05) is 29.0 Å². The molecule has 0 radical (unpaired) electrons. The van der Waals surface area contributed by atoms with E-state index in [4.69, 9.17) is 0 Å². The maximum atomic E-state index is 11.1. The third kappa shape index (κ3) is 4.96. The number of anilines is 2. The summed E-state index contributed by atoms with van der Waals surface area (Å²) >= 11 is 0. The van der Waals surface area contributed by atoms with Crippen LogP contribution >= 0.6 is 0 Å². The summed E-state index contributed by atoms with van der Waals surface area (Å²) in [6.45, 7) is 6.35. The van der Waals surface area contributed by atoms with Crippen LogP contribution in [0.5, 0.6) is 0 Å². The minimum absolute atomic E-state index is 0.606. The molecule has 0 aliphatic rings. The van der Waals surface area contributed by atoms with Crippen LogP contribution in [-0.4, -0.2) is 27.8 Å². The molecule has 102 valence electrons. The Balaban J connectivity index is 2.79. The zero-order valence-corrected chi connectivity index (χ0v) is 12.1. The first-order valence-electron chi connectivity index (χ1n) is 6.29. The Labute approximate surface area is 110 Å². The second-order valence-electron chi connectivity index (χ2n) is 4.41. The van der Waals surface area contributed by atoms with Crippen molar-refractivity contribution in [2.45, 2.75) is 26.7 Å². The predicted octanol–water partition coefficient (Wildman–Crippen LogP) is 2.68. The summed E-state index contributed by atoms with van der Waals surface area (Å²) in [6.07, 6.45) is 3.36. The molecular weight excluding hydrogens is 248 g/mol. The zero-order chi connectivity index (χ0) is 13.6. The number of hydrogen-bond acceptors (Lipinski definition) is 3. The Bertz CT molecular complexity index is 448.